The highest BCUT2D eigenvalue weighted by Gasteiger charge is 1.85. The van der Waals surface area contributed by atoms with Crippen molar-refractivity contribution in [2.75, 3.05) is 6.16 Å². The van der Waals surface area contributed by atoms with E-state index < -0.39 is 0 Å². The molecule has 1 unspecified atom stereocenters. The fraction of sp³-hybridized carbons (Fsp3) is 0.250. The van der Waals surface area contributed by atoms with Gasteiger partial charge in [0.15, 0.2) is 0 Å². The lowest BCUT2D eigenvalue weighted by atomic mass is 10.6. The van der Waals surface area contributed by atoms with Crippen molar-refractivity contribution < 1.29 is 0 Å². The third kappa shape index (κ3) is 0.735. The van der Waals surface area contributed by atoms with Crippen LogP contribution in [0.15, 0.2) is 12.2 Å². The zero-order valence-corrected chi connectivity index (χ0v) is 3.86. The first kappa shape index (κ1) is 3.36. The third-order valence-corrected chi connectivity index (χ3v) is 1.33. The van der Waals surface area contributed by atoms with Gasteiger partial charge in [0.2, 0.25) is 0 Å². The second-order valence-electron chi connectivity index (χ2n) is 0.928. The summed E-state index contributed by atoms with van der Waals surface area (Å²) >= 11 is 0. The van der Waals surface area contributed by atoms with Crippen LogP contribution in [-0.2, 0) is 0 Å². The van der Waals surface area contributed by atoms with E-state index in [0.717, 1.165) is 8.58 Å². The van der Waals surface area contributed by atoms with Crippen molar-refractivity contribution in [1.29, 1.82) is 0 Å². The molecular formula is C4H5P. The maximum atomic E-state index is 3.07. The number of hydrogen-bond acceptors (Lipinski definition) is 0. The van der Waals surface area contributed by atoms with Gasteiger partial charge in [-0.2, -0.15) is 0 Å². The van der Waals surface area contributed by atoms with Gasteiger partial charge in [0.05, 0.1) is 0 Å². The van der Waals surface area contributed by atoms with E-state index in [4.69, 9.17) is 0 Å². The molecule has 0 aromatic rings. The molecule has 0 fully saturated rings. The van der Waals surface area contributed by atoms with E-state index in [1.165, 1.54) is 6.16 Å². The SMILES string of the molecule is [C]1C=CCP1. The summed E-state index contributed by atoms with van der Waals surface area (Å²) < 4.78 is 0. The van der Waals surface area contributed by atoms with Gasteiger partial charge in [-0.3, -0.25) is 0 Å². The lowest BCUT2D eigenvalue weighted by molar-refractivity contribution is 1.82. The van der Waals surface area contributed by atoms with Crippen molar-refractivity contribution >= 4 is 8.58 Å². The predicted molar refractivity (Wildman–Crippen MR) is 25.6 cm³/mol. The highest BCUT2D eigenvalue weighted by atomic mass is 31.1. The molecule has 1 heterocycles. The molecule has 1 rings (SSSR count). The minimum Gasteiger partial charge on any atom is -0.105 e. The molecule has 1 atom stereocenters. The molecule has 0 aromatic carbocycles. The lowest BCUT2D eigenvalue weighted by Crippen LogP contribution is -1.44. The minimum absolute atomic E-state index is 0.948. The Bertz CT molecular complexity index is 41.6. The molecule has 26 valence electrons. The Morgan fingerprint density at radius 3 is 3.00 bits per heavy atom. The fourth-order valence-electron chi connectivity index (χ4n) is 0.295. The summed E-state index contributed by atoms with van der Waals surface area (Å²) in [6.07, 6.45) is 8.44. The number of hydrogen-bond donors (Lipinski definition) is 0. The van der Waals surface area contributed by atoms with Gasteiger partial charge in [0.1, 0.15) is 0 Å². The smallest absolute Gasteiger partial charge is 0.0337 e. The highest BCUT2D eigenvalue weighted by molar-refractivity contribution is 7.41. The van der Waals surface area contributed by atoms with Crippen LogP contribution in [0.5, 0.6) is 0 Å². The lowest BCUT2D eigenvalue weighted by Gasteiger charge is -1.69. The molecule has 1 heteroatoms. The third-order valence-electron chi connectivity index (χ3n) is 0.523. The quantitative estimate of drug-likeness (QED) is 0.388. The molecule has 0 N–H and O–H groups in total. The molecule has 5 heavy (non-hydrogen) atoms. The van der Waals surface area contributed by atoms with E-state index in [0.29, 0.717) is 0 Å². The average molecular weight is 84.1 g/mol. The van der Waals surface area contributed by atoms with Gasteiger partial charge in [-0.25, -0.2) is 0 Å². The van der Waals surface area contributed by atoms with Crippen molar-refractivity contribution in [2.24, 2.45) is 0 Å². The second kappa shape index (κ2) is 1.57. The Balaban J connectivity index is 2.32. The first-order valence-electron chi connectivity index (χ1n) is 1.63. The summed E-state index contributed by atoms with van der Waals surface area (Å²) in [5, 5.41) is 0. The molecule has 1 aliphatic heterocycles. The predicted octanol–water partition coefficient (Wildman–Crippen LogP) is 1.27. The zero-order chi connectivity index (χ0) is 3.54. The molecule has 2 radical (unpaired) electrons. The van der Waals surface area contributed by atoms with E-state index in [1.54, 1.807) is 0 Å². The Hall–Kier alpha value is 0.170. The van der Waals surface area contributed by atoms with Crippen LogP contribution in [0.3, 0.4) is 0 Å². The van der Waals surface area contributed by atoms with Gasteiger partial charge in [0, 0.05) is 6.16 Å². The molecule has 0 amide bonds. The molecule has 0 saturated carbocycles. The van der Waals surface area contributed by atoms with Gasteiger partial charge >= 0.3 is 0 Å². The Kier molecular flexibility index (Phi) is 1.05. The van der Waals surface area contributed by atoms with E-state index in [2.05, 4.69) is 12.2 Å². The molecule has 0 spiro atoms. The molecule has 0 aromatic heterocycles. The fourth-order valence-corrected chi connectivity index (χ4v) is 0.884. The van der Waals surface area contributed by atoms with E-state index in [9.17, 15) is 0 Å². The van der Waals surface area contributed by atoms with Gasteiger partial charge in [0.25, 0.3) is 0 Å². The second-order valence-corrected chi connectivity index (χ2v) is 1.98. The van der Waals surface area contributed by atoms with Crippen molar-refractivity contribution in [3.8, 4) is 0 Å². The summed E-state index contributed by atoms with van der Waals surface area (Å²) in [7, 11) is 0.948. The maximum Gasteiger partial charge on any atom is 0.0337 e. The molecule has 0 nitrogen and oxygen atoms in total. The normalized spacial score (nSPS) is 20.8. The van der Waals surface area contributed by atoms with Crippen molar-refractivity contribution in [2.45, 2.75) is 0 Å². The summed E-state index contributed by atoms with van der Waals surface area (Å²) in [6.45, 7) is 0. The van der Waals surface area contributed by atoms with Crippen LogP contribution in [0.25, 0.3) is 0 Å². The monoisotopic (exact) mass is 84.0 g/mol. The van der Waals surface area contributed by atoms with Crippen LogP contribution in [0.1, 0.15) is 0 Å². The van der Waals surface area contributed by atoms with Crippen LogP contribution in [-0.4, -0.2) is 6.16 Å². The van der Waals surface area contributed by atoms with Gasteiger partial charge in [-0.05, 0) is 6.16 Å². The van der Waals surface area contributed by atoms with Crippen LogP contribution < -0.4 is 0 Å². The van der Waals surface area contributed by atoms with Crippen molar-refractivity contribution in [3.05, 3.63) is 18.3 Å². The Morgan fingerprint density at radius 1 is 1.80 bits per heavy atom. The summed E-state index contributed by atoms with van der Waals surface area (Å²) in [5.74, 6) is 0. The first-order valence-corrected chi connectivity index (χ1v) is 2.84. The van der Waals surface area contributed by atoms with Crippen LogP contribution in [0.4, 0.5) is 0 Å². The maximum absolute atomic E-state index is 3.07. The van der Waals surface area contributed by atoms with E-state index in [1.807, 2.05) is 6.08 Å². The van der Waals surface area contributed by atoms with E-state index in [-0.39, 0.29) is 0 Å². The Labute approximate surface area is 34.1 Å². The number of rotatable bonds is 0. The summed E-state index contributed by atoms with van der Waals surface area (Å²) in [6, 6.07) is 0. The summed E-state index contributed by atoms with van der Waals surface area (Å²) in [5.41, 5.74) is 0. The topological polar surface area (TPSA) is 0 Å². The molecular weight excluding hydrogens is 79.0 g/mol. The summed E-state index contributed by atoms with van der Waals surface area (Å²) in [4.78, 5) is 0. The van der Waals surface area contributed by atoms with Gasteiger partial charge in [-0.1, -0.05) is 12.2 Å². The van der Waals surface area contributed by atoms with Gasteiger partial charge in [-0.15, -0.1) is 8.58 Å². The Morgan fingerprint density at radius 2 is 2.80 bits per heavy atom. The molecule has 0 bridgehead atoms. The van der Waals surface area contributed by atoms with Crippen molar-refractivity contribution in [3.63, 3.8) is 0 Å². The van der Waals surface area contributed by atoms with Crippen LogP contribution >= 0.6 is 8.58 Å². The number of allylic oxidation sites excluding steroid dienone is 2. The zero-order valence-electron chi connectivity index (χ0n) is 2.86. The van der Waals surface area contributed by atoms with Crippen molar-refractivity contribution in [1.82, 2.24) is 0 Å². The molecule has 0 aliphatic carbocycles. The first-order chi connectivity index (χ1) is 2.50. The average Bonchev–Trinajstić information content (AvgIpc) is 1.76. The van der Waals surface area contributed by atoms with Crippen LogP contribution in [0.2, 0.25) is 0 Å². The molecule has 0 saturated heterocycles. The largest absolute Gasteiger partial charge is 0.105 e. The standard InChI is InChI=1S/C4H5P/c1-2-4-5-3-1/h1-2,5H,3H2. The van der Waals surface area contributed by atoms with E-state index >= 15 is 0 Å². The highest BCUT2D eigenvalue weighted by Crippen LogP contribution is 2.20. The van der Waals surface area contributed by atoms with Crippen LogP contribution in [0, 0.1) is 6.16 Å². The van der Waals surface area contributed by atoms with Gasteiger partial charge < -0.3 is 0 Å². The molecule has 1 aliphatic rings. The minimum atomic E-state index is 0.948.